The molecule has 2 fully saturated rings. The molecule has 0 radical (unpaired) electrons. The highest BCUT2D eigenvalue weighted by Gasteiger charge is 2.56. The Hall–Kier alpha value is -3.50. The van der Waals surface area contributed by atoms with Gasteiger partial charge in [0, 0.05) is 38.9 Å². The van der Waals surface area contributed by atoms with Crippen LogP contribution >= 0.6 is 0 Å². The predicted octanol–water partition coefficient (Wildman–Crippen LogP) is 0.905. The molecule has 2 amide bonds. The molecule has 30 heavy (non-hydrogen) atoms. The minimum Gasteiger partial charge on any atom is -0.483 e. The minimum absolute atomic E-state index is 0.0977. The number of amides is 2. The fourth-order valence-corrected chi connectivity index (χ4v) is 3.53. The summed E-state index contributed by atoms with van der Waals surface area (Å²) in [6.07, 6.45) is 4.01. The van der Waals surface area contributed by atoms with Gasteiger partial charge in [-0.25, -0.2) is 8.78 Å². The number of benzene rings is 1. The number of aryl methyl sites for hydroxylation is 1. The summed E-state index contributed by atoms with van der Waals surface area (Å²) in [6.45, 7) is 0.827. The van der Waals surface area contributed by atoms with Gasteiger partial charge in [0.15, 0.2) is 18.2 Å². The van der Waals surface area contributed by atoms with E-state index >= 15 is 0 Å². The number of likely N-dealkylation sites (tertiary alicyclic amines) is 2. The second-order valence-electron chi connectivity index (χ2n) is 7.05. The summed E-state index contributed by atoms with van der Waals surface area (Å²) in [4.78, 5) is 36.5. The summed E-state index contributed by atoms with van der Waals surface area (Å²) >= 11 is 0. The molecule has 3 heterocycles. The Morgan fingerprint density at radius 3 is 2.60 bits per heavy atom. The van der Waals surface area contributed by atoms with Crippen LogP contribution in [0.1, 0.15) is 16.8 Å². The Labute approximate surface area is 170 Å². The average Bonchev–Trinajstić information content (AvgIpc) is 3.08. The Kier molecular flexibility index (Phi) is 5.99. The lowest BCUT2D eigenvalue weighted by Crippen LogP contribution is -2.78. The van der Waals surface area contributed by atoms with Crippen LogP contribution in [0, 0.1) is 11.6 Å². The van der Waals surface area contributed by atoms with E-state index in [0.717, 1.165) is 24.6 Å². The van der Waals surface area contributed by atoms with Gasteiger partial charge in [0.1, 0.15) is 5.82 Å². The van der Waals surface area contributed by atoms with E-state index in [-0.39, 0.29) is 36.2 Å². The standard InChI is InChI=1S/C18H18F2N4O3.CH2O2/c1-22-8-12(7-21-22)17(26)24-5-4-18(24)10-23(11-18)16(25)9-27-15-6-13(19)2-3-14(15)20;2-1-3/h2-3,6-8H,4-5,9-11H2,1H3;1H,(H,2,3). The molecule has 1 spiro atoms. The van der Waals surface area contributed by atoms with E-state index in [2.05, 4.69) is 5.10 Å². The average molecular weight is 422 g/mol. The molecule has 9 nitrogen and oxygen atoms in total. The van der Waals surface area contributed by atoms with E-state index in [4.69, 9.17) is 14.6 Å². The summed E-state index contributed by atoms with van der Waals surface area (Å²) in [7, 11) is 1.74. The number of nitrogens with zero attached hydrogens (tertiary/aromatic N) is 4. The number of halogens is 2. The molecule has 1 aromatic heterocycles. The maximum atomic E-state index is 13.5. The Bertz CT molecular complexity index is 958. The molecule has 11 heteroatoms. The van der Waals surface area contributed by atoms with Crippen molar-refractivity contribution >= 4 is 18.3 Å². The summed E-state index contributed by atoms with van der Waals surface area (Å²) in [5.74, 6) is -2.09. The van der Waals surface area contributed by atoms with Gasteiger partial charge < -0.3 is 19.6 Å². The normalized spacial score (nSPS) is 16.1. The molecule has 2 aliphatic rings. The molecule has 0 aliphatic carbocycles. The van der Waals surface area contributed by atoms with Crippen LogP contribution in [0.15, 0.2) is 30.6 Å². The van der Waals surface area contributed by atoms with Gasteiger partial charge in [-0.3, -0.25) is 19.1 Å². The van der Waals surface area contributed by atoms with Gasteiger partial charge in [-0.05, 0) is 18.6 Å². The maximum absolute atomic E-state index is 13.5. The number of hydrogen-bond donors (Lipinski definition) is 1. The summed E-state index contributed by atoms with van der Waals surface area (Å²) in [5.41, 5.74) is 0.179. The molecule has 0 saturated carbocycles. The van der Waals surface area contributed by atoms with Crippen molar-refractivity contribution in [2.24, 2.45) is 7.05 Å². The first kappa shape index (κ1) is 21.2. The fourth-order valence-electron chi connectivity index (χ4n) is 3.53. The third kappa shape index (κ3) is 4.09. The first-order valence-corrected chi connectivity index (χ1v) is 9.04. The van der Waals surface area contributed by atoms with Gasteiger partial charge in [-0.15, -0.1) is 0 Å². The van der Waals surface area contributed by atoms with E-state index in [1.807, 2.05) is 0 Å². The fraction of sp³-hybridized carbons (Fsp3) is 0.368. The molecule has 2 aromatic rings. The van der Waals surface area contributed by atoms with Crippen LogP contribution in [0.4, 0.5) is 8.78 Å². The zero-order valence-corrected chi connectivity index (χ0v) is 16.1. The van der Waals surface area contributed by atoms with Crippen molar-refractivity contribution in [3.05, 3.63) is 47.8 Å². The lowest BCUT2D eigenvalue weighted by molar-refractivity contribution is -0.156. The highest BCUT2D eigenvalue weighted by Crippen LogP contribution is 2.40. The van der Waals surface area contributed by atoms with Crippen LogP contribution in [-0.2, 0) is 16.6 Å². The zero-order valence-electron chi connectivity index (χ0n) is 16.1. The predicted molar refractivity (Wildman–Crippen MR) is 98.7 cm³/mol. The third-order valence-electron chi connectivity index (χ3n) is 5.14. The molecule has 0 unspecified atom stereocenters. The molecule has 0 atom stereocenters. The van der Waals surface area contributed by atoms with Crippen LogP contribution in [0.25, 0.3) is 0 Å². The molecule has 1 N–H and O–H groups in total. The maximum Gasteiger partial charge on any atom is 0.290 e. The van der Waals surface area contributed by atoms with Crippen molar-refractivity contribution in [2.45, 2.75) is 12.0 Å². The van der Waals surface area contributed by atoms with E-state index < -0.39 is 11.6 Å². The second kappa shape index (κ2) is 8.47. The van der Waals surface area contributed by atoms with E-state index in [1.165, 1.54) is 6.20 Å². The molecule has 160 valence electrons. The molecule has 2 saturated heterocycles. The molecular formula is C19H20F2N4O5. The topological polar surface area (TPSA) is 105 Å². The van der Waals surface area contributed by atoms with Gasteiger partial charge in [0.2, 0.25) is 0 Å². The SMILES string of the molecule is Cn1cc(C(=O)N2CCC23CN(C(=O)COc2cc(F)ccc2F)C3)cn1.O=CO. The van der Waals surface area contributed by atoms with Crippen LogP contribution < -0.4 is 4.74 Å². The minimum atomic E-state index is -0.725. The Balaban J connectivity index is 0.000000806. The lowest BCUT2D eigenvalue weighted by atomic mass is 9.77. The summed E-state index contributed by atoms with van der Waals surface area (Å²) in [6, 6.07) is 2.83. The summed E-state index contributed by atoms with van der Waals surface area (Å²) in [5, 5.41) is 10.9. The van der Waals surface area contributed by atoms with E-state index in [0.29, 0.717) is 25.2 Å². The van der Waals surface area contributed by atoms with E-state index in [1.54, 1.807) is 27.7 Å². The number of carbonyl (C=O) groups excluding carboxylic acids is 2. The van der Waals surface area contributed by atoms with Crippen LogP contribution in [0.5, 0.6) is 5.75 Å². The molecule has 2 aliphatic heterocycles. The summed E-state index contributed by atoms with van der Waals surface area (Å²) < 4.78 is 33.4. The number of hydrogen-bond acceptors (Lipinski definition) is 5. The highest BCUT2D eigenvalue weighted by atomic mass is 19.1. The third-order valence-corrected chi connectivity index (χ3v) is 5.14. The first-order valence-electron chi connectivity index (χ1n) is 9.04. The van der Waals surface area contributed by atoms with Gasteiger partial charge in [-0.2, -0.15) is 5.10 Å². The molecule has 4 rings (SSSR count). The van der Waals surface area contributed by atoms with Gasteiger partial charge in [-0.1, -0.05) is 0 Å². The van der Waals surface area contributed by atoms with Crippen molar-refractivity contribution in [1.82, 2.24) is 19.6 Å². The highest BCUT2D eigenvalue weighted by molar-refractivity contribution is 5.95. The van der Waals surface area contributed by atoms with Gasteiger partial charge >= 0.3 is 0 Å². The number of carbonyl (C=O) groups is 3. The van der Waals surface area contributed by atoms with Crippen LogP contribution in [0.2, 0.25) is 0 Å². The van der Waals surface area contributed by atoms with Crippen molar-refractivity contribution in [3.8, 4) is 5.75 Å². The Morgan fingerprint density at radius 2 is 2.03 bits per heavy atom. The van der Waals surface area contributed by atoms with E-state index in [9.17, 15) is 18.4 Å². The van der Waals surface area contributed by atoms with Crippen molar-refractivity contribution in [3.63, 3.8) is 0 Å². The monoisotopic (exact) mass is 422 g/mol. The molecular weight excluding hydrogens is 402 g/mol. The lowest BCUT2D eigenvalue weighted by Gasteiger charge is -2.62. The Morgan fingerprint density at radius 1 is 1.33 bits per heavy atom. The number of aromatic nitrogens is 2. The quantitative estimate of drug-likeness (QED) is 0.735. The van der Waals surface area contributed by atoms with Crippen molar-refractivity contribution < 1.29 is 33.0 Å². The van der Waals surface area contributed by atoms with Gasteiger partial charge in [0.05, 0.1) is 17.3 Å². The van der Waals surface area contributed by atoms with Crippen molar-refractivity contribution in [2.75, 3.05) is 26.2 Å². The second-order valence-corrected chi connectivity index (χ2v) is 7.05. The number of carboxylic acid groups (broad SMARTS) is 1. The smallest absolute Gasteiger partial charge is 0.290 e. The molecule has 0 bridgehead atoms. The van der Waals surface area contributed by atoms with Crippen LogP contribution in [-0.4, -0.2) is 74.8 Å². The zero-order chi connectivity index (χ0) is 21.9. The van der Waals surface area contributed by atoms with Crippen molar-refractivity contribution in [1.29, 1.82) is 0 Å². The molecule has 1 aromatic carbocycles. The van der Waals surface area contributed by atoms with Gasteiger partial charge in [0.25, 0.3) is 18.3 Å². The number of rotatable bonds is 4. The number of ether oxygens (including phenoxy) is 1. The first-order chi connectivity index (χ1) is 14.3. The largest absolute Gasteiger partial charge is 0.483 e. The van der Waals surface area contributed by atoms with Crippen LogP contribution in [0.3, 0.4) is 0 Å².